The highest BCUT2D eigenvalue weighted by Crippen LogP contribution is 2.21. The van der Waals surface area contributed by atoms with E-state index in [1.165, 1.54) is 37.6 Å². The summed E-state index contributed by atoms with van der Waals surface area (Å²) in [5.41, 5.74) is 0.615. The van der Waals surface area contributed by atoms with Crippen molar-refractivity contribution in [2.24, 2.45) is 0 Å². The molecule has 4 nitrogen and oxygen atoms in total. The van der Waals surface area contributed by atoms with Gasteiger partial charge in [0.2, 0.25) is 0 Å². The molecule has 0 saturated heterocycles. The Labute approximate surface area is 99.0 Å². The van der Waals surface area contributed by atoms with E-state index in [1.807, 2.05) is 0 Å². The smallest absolute Gasteiger partial charge is 0.332 e. The number of rotatable bonds is 5. The van der Waals surface area contributed by atoms with E-state index in [9.17, 15) is 9.18 Å². The van der Waals surface area contributed by atoms with Crippen molar-refractivity contribution in [2.75, 3.05) is 19.0 Å². The average Bonchev–Trinajstić information content (AvgIpc) is 2.31. The molecule has 0 unspecified atom stereocenters. The molecular formula is C12H14FNO3. The Hall–Kier alpha value is -2.04. The summed E-state index contributed by atoms with van der Waals surface area (Å²) in [6.45, 7) is 2.05. The number of anilines is 1. The highest BCUT2D eigenvalue weighted by molar-refractivity contribution is 5.82. The van der Waals surface area contributed by atoms with Gasteiger partial charge in [0.1, 0.15) is 0 Å². The second-order valence-corrected chi connectivity index (χ2v) is 3.08. The van der Waals surface area contributed by atoms with Gasteiger partial charge in [-0.05, 0) is 19.1 Å². The third-order valence-corrected chi connectivity index (χ3v) is 1.91. The van der Waals surface area contributed by atoms with E-state index in [-0.39, 0.29) is 5.75 Å². The normalized spacial score (nSPS) is 10.3. The van der Waals surface area contributed by atoms with Gasteiger partial charge in [0, 0.05) is 24.0 Å². The minimum absolute atomic E-state index is 0.138. The molecule has 0 saturated carbocycles. The van der Waals surface area contributed by atoms with Crippen molar-refractivity contribution in [1.29, 1.82) is 0 Å². The number of ether oxygens (including phenoxy) is 2. The SMILES string of the molecule is CCOC(=O)/C=C/Nc1ccc(F)c(OC)c1. The maximum atomic E-state index is 13.1. The van der Waals surface area contributed by atoms with Crippen LogP contribution in [0.1, 0.15) is 6.92 Å². The number of carbonyl (C=O) groups is 1. The van der Waals surface area contributed by atoms with Gasteiger partial charge in [0.15, 0.2) is 11.6 Å². The summed E-state index contributed by atoms with van der Waals surface area (Å²) >= 11 is 0. The predicted molar refractivity (Wildman–Crippen MR) is 62.3 cm³/mol. The lowest BCUT2D eigenvalue weighted by Gasteiger charge is -2.05. The maximum absolute atomic E-state index is 13.1. The minimum Gasteiger partial charge on any atom is -0.494 e. The summed E-state index contributed by atoms with van der Waals surface area (Å²) in [6, 6.07) is 4.30. The molecule has 1 aromatic carbocycles. The molecule has 92 valence electrons. The van der Waals surface area contributed by atoms with Crippen LogP contribution in [0.2, 0.25) is 0 Å². The lowest BCUT2D eigenvalue weighted by atomic mass is 10.3. The summed E-state index contributed by atoms with van der Waals surface area (Å²) in [5.74, 6) is -0.735. The van der Waals surface area contributed by atoms with Gasteiger partial charge in [-0.25, -0.2) is 9.18 Å². The van der Waals surface area contributed by atoms with Gasteiger partial charge in [-0.15, -0.1) is 0 Å². The Morgan fingerprint density at radius 1 is 1.53 bits per heavy atom. The van der Waals surface area contributed by atoms with Crippen LogP contribution in [0.4, 0.5) is 10.1 Å². The molecule has 0 atom stereocenters. The predicted octanol–water partition coefficient (Wildman–Crippen LogP) is 2.32. The molecule has 0 aliphatic rings. The first kappa shape index (κ1) is 13.0. The molecule has 1 rings (SSSR count). The second-order valence-electron chi connectivity index (χ2n) is 3.08. The number of carbonyl (C=O) groups excluding carboxylic acids is 1. The van der Waals surface area contributed by atoms with Gasteiger partial charge in [-0.3, -0.25) is 0 Å². The molecule has 17 heavy (non-hydrogen) atoms. The molecule has 0 heterocycles. The van der Waals surface area contributed by atoms with E-state index < -0.39 is 11.8 Å². The largest absolute Gasteiger partial charge is 0.494 e. The van der Waals surface area contributed by atoms with Crippen LogP contribution in [-0.4, -0.2) is 19.7 Å². The number of benzene rings is 1. The van der Waals surface area contributed by atoms with E-state index in [0.29, 0.717) is 12.3 Å². The number of halogens is 1. The zero-order chi connectivity index (χ0) is 12.7. The first-order chi connectivity index (χ1) is 8.17. The highest BCUT2D eigenvalue weighted by Gasteiger charge is 2.02. The summed E-state index contributed by atoms with van der Waals surface area (Å²) in [7, 11) is 1.39. The molecule has 1 N–H and O–H groups in total. The van der Waals surface area contributed by atoms with Gasteiger partial charge in [0.25, 0.3) is 0 Å². The summed E-state index contributed by atoms with van der Waals surface area (Å²) < 4.78 is 22.6. The van der Waals surface area contributed by atoms with Gasteiger partial charge in [-0.2, -0.15) is 0 Å². The van der Waals surface area contributed by atoms with Gasteiger partial charge in [-0.1, -0.05) is 0 Å². The van der Waals surface area contributed by atoms with Gasteiger partial charge in [0.05, 0.1) is 13.7 Å². The van der Waals surface area contributed by atoms with E-state index in [4.69, 9.17) is 9.47 Å². The number of hydrogen-bond donors (Lipinski definition) is 1. The molecule has 0 aliphatic carbocycles. The fraction of sp³-hybridized carbons (Fsp3) is 0.250. The quantitative estimate of drug-likeness (QED) is 0.632. The minimum atomic E-state index is -0.438. The summed E-state index contributed by atoms with van der Waals surface area (Å²) in [4.78, 5) is 11.0. The van der Waals surface area contributed by atoms with Crippen LogP contribution in [0.3, 0.4) is 0 Å². The van der Waals surface area contributed by atoms with Crippen molar-refractivity contribution in [2.45, 2.75) is 6.92 Å². The maximum Gasteiger partial charge on any atom is 0.332 e. The van der Waals surface area contributed by atoms with Crippen LogP contribution in [0, 0.1) is 5.82 Å². The Kier molecular flexibility index (Phi) is 5.00. The number of esters is 1. The number of nitrogens with one attached hydrogen (secondary N) is 1. The molecule has 0 fully saturated rings. The van der Waals surface area contributed by atoms with Gasteiger partial charge < -0.3 is 14.8 Å². The van der Waals surface area contributed by atoms with Crippen molar-refractivity contribution in [3.05, 3.63) is 36.3 Å². The topological polar surface area (TPSA) is 47.6 Å². The Balaban J connectivity index is 2.60. The zero-order valence-electron chi connectivity index (χ0n) is 9.70. The van der Waals surface area contributed by atoms with Crippen LogP contribution in [0.5, 0.6) is 5.75 Å². The fourth-order valence-electron chi connectivity index (χ4n) is 1.15. The number of methoxy groups -OCH3 is 1. The van der Waals surface area contributed by atoms with Crippen LogP contribution in [-0.2, 0) is 9.53 Å². The summed E-state index contributed by atoms with van der Waals surface area (Å²) in [5, 5.41) is 2.81. The lowest BCUT2D eigenvalue weighted by molar-refractivity contribution is -0.137. The third-order valence-electron chi connectivity index (χ3n) is 1.91. The Morgan fingerprint density at radius 3 is 2.94 bits per heavy atom. The van der Waals surface area contributed by atoms with Crippen LogP contribution < -0.4 is 10.1 Å². The van der Waals surface area contributed by atoms with Gasteiger partial charge >= 0.3 is 5.97 Å². The summed E-state index contributed by atoms with van der Waals surface area (Å²) in [6.07, 6.45) is 2.67. The second kappa shape index (κ2) is 6.52. The van der Waals surface area contributed by atoms with Crippen LogP contribution in [0.15, 0.2) is 30.5 Å². The van der Waals surface area contributed by atoms with Crippen LogP contribution in [0.25, 0.3) is 0 Å². The fourth-order valence-corrected chi connectivity index (χ4v) is 1.15. The van der Waals surface area contributed by atoms with Crippen molar-refractivity contribution in [3.63, 3.8) is 0 Å². The first-order valence-corrected chi connectivity index (χ1v) is 5.10. The molecule has 0 bridgehead atoms. The Morgan fingerprint density at radius 2 is 2.29 bits per heavy atom. The van der Waals surface area contributed by atoms with Crippen LogP contribution >= 0.6 is 0 Å². The van der Waals surface area contributed by atoms with Crippen molar-refractivity contribution >= 4 is 11.7 Å². The van der Waals surface area contributed by atoms with E-state index in [2.05, 4.69) is 5.32 Å². The first-order valence-electron chi connectivity index (χ1n) is 5.10. The standard InChI is InChI=1S/C12H14FNO3/c1-3-17-12(15)6-7-14-9-4-5-10(13)11(8-9)16-2/h4-8,14H,3H2,1-2H3/b7-6+. The van der Waals surface area contributed by atoms with E-state index >= 15 is 0 Å². The highest BCUT2D eigenvalue weighted by atomic mass is 19.1. The monoisotopic (exact) mass is 239 g/mol. The zero-order valence-corrected chi connectivity index (χ0v) is 9.70. The van der Waals surface area contributed by atoms with E-state index in [1.54, 1.807) is 6.92 Å². The lowest BCUT2D eigenvalue weighted by Crippen LogP contribution is -2.00. The van der Waals surface area contributed by atoms with Crippen molar-refractivity contribution < 1.29 is 18.7 Å². The molecular weight excluding hydrogens is 225 g/mol. The number of hydrogen-bond acceptors (Lipinski definition) is 4. The molecule has 0 aromatic heterocycles. The molecule has 1 aromatic rings. The average molecular weight is 239 g/mol. The molecule has 0 radical (unpaired) electrons. The van der Waals surface area contributed by atoms with Crippen molar-refractivity contribution in [1.82, 2.24) is 0 Å². The molecule has 0 spiro atoms. The van der Waals surface area contributed by atoms with Crippen molar-refractivity contribution in [3.8, 4) is 5.75 Å². The third kappa shape index (κ3) is 4.14. The molecule has 0 aliphatic heterocycles. The van der Waals surface area contributed by atoms with E-state index in [0.717, 1.165) is 0 Å². The molecule has 5 heteroatoms. The Bertz CT molecular complexity index is 418. The molecule has 0 amide bonds.